The summed E-state index contributed by atoms with van der Waals surface area (Å²) in [6.45, 7) is 7.89. The SMILES string of the molecule is CCCN(C(C)C)C1CCc2ccc(OC)cc2C1N. The summed E-state index contributed by atoms with van der Waals surface area (Å²) in [5.74, 6) is 0.909. The predicted molar refractivity (Wildman–Crippen MR) is 84.2 cm³/mol. The molecule has 0 heterocycles. The zero-order chi connectivity index (χ0) is 14.7. The Morgan fingerprint density at radius 3 is 2.75 bits per heavy atom. The van der Waals surface area contributed by atoms with Gasteiger partial charge in [-0.2, -0.15) is 0 Å². The van der Waals surface area contributed by atoms with Crippen molar-refractivity contribution in [2.45, 2.75) is 58.2 Å². The summed E-state index contributed by atoms with van der Waals surface area (Å²) in [4.78, 5) is 2.56. The molecule has 0 radical (unpaired) electrons. The maximum atomic E-state index is 6.59. The van der Waals surface area contributed by atoms with Gasteiger partial charge in [0.1, 0.15) is 5.75 Å². The van der Waals surface area contributed by atoms with E-state index in [9.17, 15) is 0 Å². The van der Waals surface area contributed by atoms with Gasteiger partial charge in [-0.15, -0.1) is 0 Å². The lowest BCUT2D eigenvalue weighted by molar-refractivity contribution is 0.119. The molecule has 0 bridgehead atoms. The fraction of sp³-hybridized carbons (Fsp3) is 0.647. The second-order valence-electron chi connectivity index (χ2n) is 6.03. The summed E-state index contributed by atoms with van der Waals surface area (Å²) < 4.78 is 5.35. The topological polar surface area (TPSA) is 38.5 Å². The van der Waals surface area contributed by atoms with Crippen LogP contribution in [0.3, 0.4) is 0 Å². The molecule has 20 heavy (non-hydrogen) atoms. The smallest absolute Gasteiger partial charge is 0.119 e. The molecule has 0 saturated carbocycles. The third-order valence-electron chi connectivity index (χ3n) is 4.41. The van der Waals surface area contributed by atoms with Gasteiger partial charge < -0.3 is 10.5 Å². The number of methoxy groups -OCH3 is 1. The van der Waals surface area contributed by atoms with Gasteiger partial charge in [0, 0.05) is 18.1 Å². The van der Waals surface area contributed by atoms with Crippen molar-refractivity contribution in [1.29, 1.82) is 0 Å². The molecule has 2 rings (SSSR count). The highest BCUT2D eigenvalue weighted by atomic mass is 16.5. The van der Waals surface area contributed by atoms with Crippen LogP contribution in [0.15, 0.2) is 18.2 Å². The molecular formula is C17H28N2O. The summed E-state index contributed by atoms with van der Waals surface area (Å²) in [7, 11) is 1.71. The first-order valence-electron chi connectivity index (χ1n) is 7.76. The third-order valence-corrected chi connectivity index (χ3v) is 4.41. The van der Waals surface area contributed by atoms with E-state index in [2.05, 4.69) is 37.8 Å². The number of fused-ring (bicyclic) bond motifs is 1. The molecule has 0 saturated heterocycles. The van der Waals surface area contributed by atoms with E-state index >= 15 is 0 Å². The van der Waals surface area contributed by atoms with Crippen LogP contribution in [0.5, 0.6) is 5.75 Å². The van der Waals surface area contributed by atoms with Crippen molar-refractivity contribution in [3.8, 4) is 5.75 Å². The number of hydrogen-bond acceptors (Lipinski definition) is 3. The monoisotopic (exact) mass is 276 g/mol. The number of aryl methyl sites for hydroxylation is 1. The highest BCUT2D eigenvalue weighted by molar-refractivity contribution is 5.40. The van der Waals surface area contributed by atoms with Gasteiger partial charge in [0.2, 0.25) is 0 Å². The van der Waals surface area contributed by atoms with E-state index in [1.807, 2.05) is 6.07 Å². The Balaban J connectivity index is 2.27. The van der Waals surface area contributed by atoms with Crippen molar-refractivity contribution in [1.82, 2.24) is 4.90 Å². The molecule has 0 aliphatic heterocycles. The van der Waals surface area contributed by atoms with Gasteiger partial charge >= 0.3 is 0 Å². The number of hydrogen-bond donors (Lipinski definition) is 1. The van der Waals surface area contributed by atoms with Crippen LogP contribution in [-0.2, 0) is 6.42 Å². The van der Waals surface area contributed by atoms with Crippen LogP contribution >= 0.6 is 0 Å². The lowest BCUT2D eigenvalue weighted by Gasteiger charge is -2.41. The van der Waals surface area contributed by atoms with Crippen LogP contribution in [0.25, 0.3) is 0 Å². The minimum atomic E-state index is 0.0859. The second-order valence-corrected chi connectivity index (χ2v) is 6.03. The van der Waals surface area contributed by atoms with Gasteiger partial charge in [0.25, 0.3) is 0 Å². The Morgan fingerprint density at radius 2 is 2.15 bits per heavy atom. The standard InChI is InChI=1S/C17H28N2O/c1-5-10-19(12(2)3)16-9-7-13-6-8-14(20-4)11-15(13)17(16)18/h6,8,11-12,16-17H,5,7,9-10,18H2,1-4H3. The summed E-state index contributed by atoms with van der Waals surface area (Å²) in [5, 5.41) is 0. The van der Waals surface area contributed by atoms with E-state index in [1.54, 1.807) is 7.11 Å². The van der Waals surface area contributed by atoms with Gasteiger partial charge in [-0.3, -0.25) is 4.90 Å². The maximum absolute atomic E-state index is 6.59. The molecule has 2 N–H and O–H groups in total. The fourth-order valence-corrected chi connectivity index (χ4v) is 3.37. The molecule has 1 aromatic carbocycles. The van der Waals surface area contributed by atoms with Gasteiger partial charge in [0.05, 0.1) is 7.11 Å². The molecular weight excluding hydrogens is 248 g/mol. The van der Waals surface area contributed by atoms with E-state index in [0.717, 1.165) is 25.1 Å². The summed E-state index contributed by atoms with van der Waals surface area (Å²) in [6, 6.07) is 7.40. The van der Waals surface area contributed by atoms with Crippen molar-refractivity contribution < 1.29 is 4.74 Å². The fourth-order valence-electron chi connectivity index (χ4n) is 3.37. The van der Waals surface area contributed by atoms with Crippen LogP contribution in [0, 0.1) is 0 Å². The van der Waals surface area contributed by atoms with Crippen LogP contribution in [0.1, 0.15) is 50.8 Å². The minimum Gasteiger partial charge on any atom is -0.497 e. The number of rotatable bonds is 5. The van der Waals surface area contributed by atoms with Crippen LogP contribution in [-0.4, -0.2) is 30.6 Å². The van der Waals surface area contributed by atoms with Gasteiger partial charge in [-0.1, -0.05) is 13.0 Å². The highest BCUT2D eigenvalue weighted by Gasteiger charge is 2.32. The highest BCUT2D eigenvalue weighted by Crippen LogP contribution is 2.34. The zero-order valence-electron chi connectivity index (χ0n) is 13.2. The van der Waals surface area contributed by atoms with Crippen molar-refractivity contribution >= 4 is 0 Å². The third kappa shape index (κ3) is 2.99. The average molecular weight is 276 g/mol. The molecule has 2 unspecified atom stereocenters. The maximum Gasteiger partial charge on any atom is 0.119 e. The van der Waals surface area contributed by atoms with Crippen molar-refractivity contribution in [3.63, 3.8) is 0 Å². The van der Waals surface area contributed by atoms with E-state index in [1.165, 1.54) is 17.5 Å². The Kier molecular flexibility index (Phi) is 5.06. The van der Waals surface area contributed by atoms with E-state index in [4.69, 9.17) is 10.5 Å². The lowest BCUT2D eigenvalue weighted by atomic mass is 9.83. The molecule has 3 nitrogen and oxygen atoms in total. The Hall–Kier alpha value is -1.06. The van der Waals surface area contributed by atoms with E-state index in [0.29, 0.717) is 12.1 Å². The summed E-state index contributed by atoms with van der Waals surface area (Å²) in [6.07, 6.45) is 3.44. The molecule has 0 amide bonds. The molecule has 0 aromatic heterocycles. The molecule has 3 heteroatoms. The first kappa shape index (κ1) is 15.3. The Labute approximate surface area is 123 Å². The minimum absolute atomic E-state index is 0.0859. The van der Waals surface area contributed by atoms with E-state index < -0.39 is 0 Å². The van der Waals surface area contributed by atoms with Crippen LogP contribution in [0.2, 0.25) is 0 Å². The van der Waals surface area contributed by atoms with Crippen molar-refractivity contribution in [3.05, 3.63) is 29.3 Å². The largest absolute Gasteiger partial charge is 0.497 e. The number of ether oxygens (including phenoxy) is 1. The Bertz CT molecular complexity index is 445. The molecule has 1 aromatic rings. The quantitative estimate of drug-likeness (QED) is 0.898. The number of benzene rings is 1. The van der Waals surface area contributed by atoms with Crippen molar-refractivity contribution in [2.75, 3.05) is 13.7 Å². The lowest BCUT2D eigenvalue weighted by Crippen LogP contribution is -2.48. The summed E-state index contributed by atoms with van der Waals surface area (Å²) in [5.41, 5.74) is 9.24. The molecule has 0 fully saturated rings. The van der Waals surface area contributed by atoms with Gasteiger partial charge in [-0.25, -0.2) is 0 Å². The van der Waals surface area contributed by atoms with Crippen LogP contribution in [0.4, 0.5) is 0 Å². The summed E-state index contributed by atoms with van der Waals surface area (Å²) >= 11 is 0. The molecule has 1 aliphatic rings. The van der Waals surface area contributed by atoms with Crippen LogP contribution < -0.4 is 10.5 Å². The number of nitrogens with two attached hydrogens (primary N) is 1. The van der Waals surface area contributed by atoms with Gasteiger partial charge in [-0.05, 0) is 62.9 Å². The second kappa shape index (κ2) is 6.59. The Morgan fingerprint density at radius 1 is 1.40 bits per heavy atom. The molecule has 2 atom stereocenters. The first-order valence-corrected chi connectivity index (χ1v) is 7.76. The van der Waals surface area contributed by atoms with Crippen molar-refractivity contribution in [2.24, 2.45) is 5.73 Å². The molecule has 0 spiro atoms. The number of nitrogens with zero attached hydrogens (tertiary/aromatic N) is 1. The molecule has 112 valence electrons. The molecule has 1 aliphatic carbocycles. The average Bonchev–Trinajstić information content (AvgIpc) is 2.45. The first-order chi connectivity index (χ1) is 9.58. The normalized spacial score (nSPS) is 22.1. The van der Waals surface area contributed by atoms with E-state index in [-0.39, 0.29) is 6.04 Å². The predicted octanol–water partition coefficient (Wildman–Crippen LogP) is 3.13. The zero-order valence-corrected chi connectivity index (χ0v) is 13.2. The van der Waals surface area contributed by atoms with Gasteiger partial charge in [0.15, 0.2) is 0 Å².